The second kappa shape index (κ2) is 5.95. The molecule has 0 aliphatic carbocycles. The lowest BCUT2D eigenvalue weighted by Crippen LogP contribution is -2.37. The first-order valence-corrected chi connectivity index (χ1v) is 6.26. The molecule has 6 heteroatoms. The van der Waals surface area contributed by atoms with E-state index in [1.807, 2.05) is 13.8 Å². The molecule has 1 heterocycles. The van der Waals surface area contributed by atoms with Gasteiger partial charge in [0.05, 0.1) is 12.0 Å². The molecule has 17 heavy (non-hydrogen) atoms. The summed E-state index contributed by atoms with van der Waals surface area (Å²) >= 11 is 3.16. The summed E-state index contributed by atoms with van der Waals surface area (Å²) in [5, 5.41) is 2.80. The third-order valence-electron chi connectivity index (χ3n) is 2.49. The number of carbonyl (C=O) groups is 1. The van der Waals surface area contributed by atoms with Crippen molar-refractivity contribution >= 4 is 21.8 Å². The van der Waals surface area contributed by atoms with Crippen LogP contribution in [0.1, 0.15) is 26.0 Å². The fourth-order valence-electron chi connectivity index (χ4n) is 1.24. The number of hydrogen-bond acceptors (Lipinski definition) is 3. The first kappa shape index (κ1) is 13.9. The molecule has 0 aromatic carbocycles. The molecule has 0 spiro atoms. The number of hydrogen-bond donors (Lipinski definition) is 1. The minimum atomic E-state index is -0.239. The zero-order valence-corrected chi connectivity index (χ0v) is 11.7. The Bertz CT molecular complexity index is 470. The van der Waals surface area contributed by atoms with Crippen molar-refractivity contribution < 1.29 is 4.79 Å². The number of halogens is 1. The molecule has 1 rings (SSSR count). The molecule has 1 atom stereocenters. The average Bonchev–Trinajstić information content (AvgIpc) is 2.29. The predicted molar refractivity (Wildman–Crippen MR) is 68.8 cm³/mol. The molecule has 94 valence electrons. The van der Waals surface area contributed by atoms with E-state index in [1.54, 1.807) is 6.92 Å². The molecule has 1 aromatic heterocycles. The minimum Gasteiger partial charge on any atom is -0.352 e. The number of rotatable bonds is 4. The zero-order chi connectivity index (χ0) is 13.0. The van der Waals surface area contributed by atoms with Crippen LogP contribution in [0.25, 0.3) is 0 Å². The Morgan fingerprint density at radius 3 is 2.88 bits per heavy atom. The molecular formula is C11H16BrN3O2. The topological polar surface area (TPSA) is 64.0 Å². The third-order valence-corrected chi connectivity index (χ3v) is 3.40. The lowest BCUT2D eigenvalue weighted by atomic mass is 10.2. The second-order valence-electron chi connectivity index (χ2n) is 3.95. The molecule has 0 saturated heterocycles. The number of aryl methyl sites for hydroxylation is 1. The molecule has 5 nitrogen and oxygen atoms in total. The molecule has 0 aliphatic rings. The molecule has 0 radical (unpaired) electrons. The summed E-state index contributed by atoms with van der Waals surface area (Å²) in [5.41, 5.74) is 0.380. The fraction of sp³-hybridized carbons (Fsp3) is 0.545. The van der Waals surface area contributed by atoms with E-state index >= 15 is 0 Å². The van der Waals surface area contributed by atoms with Crippen LogP contribution < -0.4 is 10.9 Å². The molecule has 1 N–H and O–H groups in total. The van der Waals surface area contributed by atoms with Crippen molar-refractivity contribution in [3.05, 3.63) is 26.8 Å². The number of nitrogens with one attached hydrogen (secondary N) is 1. The number of nitrogens with zero attached hydrogens (tertiary/aromatic N) is 2. The van der Waals surface area contributed by atoms with Gasteiger partial charge in [0.1, 0.15) is 11.0 Å². The Hall–Kier alpha value is -1.17. The first-order valence-electron chi connectivity index (χ1n) is 5.46. The second-order valence-corrected chi connectivity index (χ2v) is 4.75. The zero-order valence-electron chi connectivity index (χ0n) is 10.2. The van der Waals surface area contributed by atoms with Crippen LogP contribution >= 0.6 is 15.9 Å². The van der Waals surface area contributed by atoms with Crippen molar-refractivity contribution in [1.29, 1.82) is 0 Å². The van der Waals surface area contributed by atoms with E-state index in [1.165, 1.54) is 10.9 Å². The highest BCUT2D eigenvalue weighted by Gasteiger charge is 2.10. The Morgan fingerprint density at radius 1 is 1.65 bits per heavy atom. The monoisotopic (exact) mass is 301 g/mol. The normalized spacial score (nSPS) is 12.2. The van der Waals surface area contributed by atoms with Gasteiger partial charge in [-0.2, -0.15) is 0 Å². The lowest BCUT2D eigenvalue weighted by molar-refractivity contribution is -0.122. The summed E-state index contributed by atoms with van der Waals surface area (Å²) in [6, 6.07) is 0.111. The molecule has 0 fully saturated rings. The van der Waals surface area contributed by atoms with Crippen molar-refractivity contribution in [3.8, 4) is 0 Å². The highest BCUT2D eigenvalue weighted by Crippen LogP contribution is 2.05. The molecule has 1 aromatic rings. The van der Waals surface area contributed by atoms with Crippen molar-refractivity contribution in [2.45, 2.75) is 39.8 Å². The van der Waals surface area contributed by atoms with Crippen LogP contribution in [0.15, 0.2) is 15.6 Å². The van der Waals surface area contributed by atoms with Gasteiger partial charge >= 0.3 is 0 Å². The Morgan fingerprint density at radius 2 is 2.29 bits per heavy atom. The third kappa shape index (κ3) is 3.66. The summed E-state index contributed by atoms with van der Waals surface area (Å²) in [6.45, 7) is 5.63. The van der Waals surface area contributed by atoms with Crippen LogP contribution in [-0.4, -0.2) is 21.5 Å². The smallest absolute Gasteiger partial charge is 0.268 e. The summed E-state index contributed by atoms with van der Waals surface area (Å²) in [7, 11) is 0. The van der Waals surface area contributed by atoms with Gasteiger partial charge in [-0.25, -0.2) is 4.98 Å². The van der Waals surface area contributed by atoms with Crippen molar-refractivity contribution in [1.82, 2.24) is 14.9 Å². The van der Waals surface area contributed by atoms with E-state index in [-0.39, 0.29) is 24.1 Å². The molecule has 0 aliphatic heterocycles. The van der Waals surface area contributed by atoms with Crippen LogP contribution in [0.3, 0.4) is 0 Å². The van der Waals surface area contributed by atoms with Gasteiger partial charge in [0.2, 0.25) is 5.91 Å². The summed E-state index contributed by atoms with van der Waals surface area (Å²) in [6.07, 6.45) is 2.25. The largest absolute Gasteiger partial charge is 0.352 e. The van der Waals surface area contributed by atoms with E-state index in [0.29, 0.717) is 10.2 Å². The van der Waals surface area contributed by atoms with Crippen molar-refractivity contribution in [2.24, 2.45) is 0 Å². The van der Waals surface area contributed by atoms with Crippen molar-refractivity contribution in [2.75, 3.05) is 0 Å². The standard InChI is InChI=1S/C11H16BrN3O2/c1-4-7(2)14-9(16)5-15-6-13-8(3)10(12)11(15)17/h6-7H,4-5H2,1-3H3,(H,14,16). The quantitative estimate of drug-likeness (QED) is 0.910. The van der Waals surface area contributed by atoms with Crippen LogP contribution in [0.4, 0.5) is 0 Å². The van der Waals surface area contributed by atoms with Gasteiger partial charge in [-0.1, -0.05) is 6.92 Å². The Balaban J connectivity index is 2.80. The number of aromatic nitrogens is 2. The van der Waals surface area contributed by atoms with Crippen LogP contribution in [0.5, 0.6) is 0 Å². The van der Waals surface area contributed by atoms with Crippen molar-refractivity contribution in [3.63, 3.8) is 0 Å². The SMILES string of the molecule is CCC(C)NC(=O)Cn1cnc(C)c(Br)c1=O. The summed E-state index contributed by atoms with van der Waals surface area (Å²) < 4.78 is 1.69. The van der Waals surface area contributed by atoms with E-state index in [9.17, 15) is 9.59 Å². The molecule has 0 saturated carbocycles. The maximum Gasteiger partial charge on any atom is 0.268 e. The predicted octanol–water partition coefficient (Wildman–Crippen LogP) is 1.23. The Kier molecular flexibility index (Phi) is 4.86. The molecule has 0 bridgehead atoms. The highest BCUT2D eigenvalue weighted by molar-refractivity contribution is 9.10. The van der Waals surface area contributed by atoms with Crippen LogP contribution in [0, 0.1) is 6.92 Å². The molecule has 1 unspecified atom stereocenters. The van der Waals surface area contributed by atoms with Gasteiger partial charge in [-0.3, -0.25) is 14.2 Å². The van der Waals surface area contributed by atoms with Gasteiger partial charge in [-0.05, 0) is 36.2 Å². The number of carbonyl (C=O) groups excluding carboxylic acids is 1. The Labute approximate surface area is 108 Å². The number of amides is 1. The maximum atomic E-state index is 11.8. The maximum absolute atomic E-state index is 11.8. The lowest BCUT2D eigenvalue weighted by Gasteiger charge is -2.12. The first-order chi connectivity index (χ1) is 7.95. The molecule has 1 amide bonds. The highest BCUT2D eigenvalue weighted by atomic mass is 79.9. The average molecular weight is 302 g/mol. The van der Waals surface area contributed by atoms with E-state index < -0.39 is 0 Å². The summed E-state index contributed by atoms with van der Waals surface area (Å²) in [4.78, 5) is 27.4. The molecular weight excluding hydrogens is 286 g/mol. The summed E-state index contributed by atoms with van der Waals surface area (Å²) in [5.74, 6) is -0.181. The van der Waals surface area contributed by atoms with E-state index in [2.05, 4.69) is 26.2 Å². The fourth-order valence-corrected chi connectivity index (χ4v) is 1.57. The minimum absolute atomic E-state index is 0.00491. The van der Waals surface area contributed by atoms with Crippen LogP contribution in [-0.2, 0) is 11.3 Å². The van der Waals surface area contributed by atoms with Gasteiger partial charge in [-0.15, -0.1) is 0 Å². The van der Waals surface area contributed by atoms with Gasteiger partial charge < -0.3 is 5.32 Å². The van der Waals surface area contributed by atoms with Crippen LogP contribution in [0.2, 0.25) is 0 Å². The van der Waals surface area contributed by atoms with Gasteiger partial charge in [0.15, 0.2) is 0 Å². The van der Waals surface area contributed by atoms with Gasteiger partial charge in [0.25, 0.3) is 5.56 Å². The van der Waals surface area contributed by atoms with E-state index in [4.69, 9.17) is 0 Å². The van der Waals surface area contributed by atoms with E-state index in [0.717, 1.165) is 6.42 Å². The van der Waals surface area contributed by atoms with Gasteiger partial charge in [0, 0.05) is 6.04 Å².